The number of likely N-dealkylation sites (N-methyl/N-ethyl adjacent to an activating group) is 2. The highest BCUT2D eigenvalue weighted by Gasteiger charge is 2.39. The summed E-state index contributed by atoms with van der Waals surface area (Å²) in [7, 11) is 2.81. The van der Waals surface area contributed by atoms with E-state index in [0.717, 1.165) is 43.4 Å². The summed E-state index contributed by atoms with van der Waals surface area (Å²) in [4.78, 5) is 69.8. The van der Waals surface area contributed by atoms with Gasteiger partial charge in [-0.15, -0.1) is 0 Å². The van der Waals surface area contributed by atoms with Crippen molar-refractivity contribution in [3.63, 3.8) is 0 Å². The molecule has 306 valence electrons. The fourth-order valence-corrected chi connectivity index (χ4v) is 7.82. The monoisotopic (exact) mass is 808 g/mol. The van der Waals surface area contributed by atoms with Gasteiger partial charge < -0.3 is 20.2 Å². The van der Waals surface area contributed by atoms with E-state index in [0.29, 0.717) is 62.0 Å². The Kier molecular flexibility index (Phi) is 10.9. The molecule has 60 heavy (non-hydrogen) atoms. The van der Waals surface area contributed by atoms with Crippen LogP contribution in [0.25, 0.3) is 33.6 Å². The lowest BCUT2D eigenvalue weighted by Gasteiger charge is -2.33. The van der Waals surface area contributed by atoms with Crippen LogP contribution in [0, 0.1) is 0 Å². The van der Waals surface area contributed by atoms with Gasteiger partial charge >= 0.3 is 12.2 Å². The summed E-state index contributed by atoms with van der Waals surface area (Å²) in [5, 5.41) is 26.3. The zero-order valence-corrected chi connectivity index (χ0v) is 33.0. The van der Waals surface area contributed by atoms with Crippen LogP contribution in [0.1, 0.15) is 36.1 Å². The highest BCUT2D eigenvalue weighted by atomic mass is 16.4. The lowest BCUT2D eigenvalue weighted by Crippen LogP contribution is -2.48. The fourth-order valence-electron chi connectivity index (χ4n) is 7.82. The van der Waals surface area contributed by atoms with Crippen LogP contribution < -0.4 is 10.0 Å². The molecule has 2 aliphatic rings. The number of carbonyl (C=O) groups excluding carboxylic acids is 2. The van der Waals surface area contributed by atoms with Crippen LogP contribution in [0.3, 0.4) is 0 Å². The molecule has 0 bridgehead atoms. The van der Waals surface area contributed by atoms with Gasteiger partial charge in [-0.05, 0) is 46.2 Å². The Morgan fingerprint density at radius 1 is 0.533 bits per heavy atom. The Balaban J connectivity index is 0.938. The first-order chi connectivity index (χ1) is 29.1. The molecule has 4 aromatic carbocycles. The number of benzene rings is 4. The quantitative estimate of drug-likeness (QED) is 0.109. The molecule has 16 nitrogen and oxygen atoms in total. The van der Waals surface area contributed by atoms with Crippen molar-refractivity contribution >= 4 is 35.9 Å². The van der Waals surface area contributed by atoms with Crippen molar-refractivity contribution in [2.45, 2.75) is 24.9 Å². The molecule has 0 aliphatic carbocycles. The van der Waals surface area contributed by atoms with Crippen LogP contribution in [-0.4, -0.2) is 114 Å². The number of hydrogen-bond acceptors (Lipinski definition) is 8. The van der Waals surface area contributed by atoms with Gasteiger partial charge in [0, 0.05) is 40.3 Å². The van der Waals surface area contributed by atoms with Gasteiger partial charge in [-0.3, -0.25) is 29.4 Å². The molecule has 16 heteroatoms. The van der Waals surface area contributed by atoms with E-state index in [4.69, 9.17) is 0 Å². The molecule has 0 saturated carbocycles. The average molecular weight is 809 g/mol. The number of carbonyl (C=O) groups is 4. The minimum Gasteiger partial charge on any atom is -0.465 e. The summed E-state index contributed by atoms with van der Waals surface area (Å²) in [5.74, 6) is 0.284. The molecule has 2 aromatic heterocycles. The minimum atomic E-state index is -1.20. The molecule has 0 unspecified atom stereocenters. The van der Waals surface area contributed by atoms with E-state index in [1.54, 1.807) is 81.0 Å². The topological polar surface area (TPSA) is 186 Å². The summed E-state index contributed by atoms with van der Waals surface area (Å²) < 4.78 is 0. The zero-order chi connectivity index (χ0) is 41.9. The summed E-state index contributed by atoms with van der Waals surface area (Å²) in [6.45, 7) is 1.96. The van der Waals surface area contributed by atoms with Gasteiger partial charge in [-0.1, -0.05) is 109 Å². The maximum absolute atomic E-state index is 13.9. The maximum atomic E-state index is 13.9. The van der Waals surface area contributed by atoms with Gasteiger partial charge in [0.25, 0.3) is 11.8 Å². The lowest BCUT2D eigenvalue weighted by molar-refractivity contribution is -0.136. The Morgan fingerprint density at radius 2 is 0.883 bits per heavy atom. The third-order valence-electron chi connectivity index (χ3n) is 11.0. The van der Waals surface area contributed by atoms with Crippen LogP contribution in [0.5, 0.6) is 0 Å². The Hall–Kier alpha value is -7.62. The normalized spacial score (nSPS) is 14.9. The van der Waals surface area contributed by atoms with Crippen LogP contribution in [0.4, 0.5) is 21.5 Å². The van der Waals surface area contributed by atoms with Gasteiger partial charge in [0.2, 0.25) is 11.9 Å². The Labute approximate surface area is 345 Å². The van der Waals surface area contributed by atoms with Crippen molar-refractivity contribution in [1.29, 1.82) is 0 Å². The van der Waals surface area contributed by atoms with Crippen LogP contribution in [-0.2, 0) is 9.59 Å². The highest BCUT2D eigenvalue weighted by molar-refractivity contribution is 5.89. The summed E-state index contributed by atoms with van der Waals surface area (Å²) in [6.07, 6.45) is 2.47. The van der Waals surface area contributed by atoms with Gasteiger partial charge in [0.1, 0.15) is 12.1 Å². The molecule has 4 amide bonds. The Bertz CT molecular complexity index is 2300. The van der Waals surface area contributed by atoms with E-state index >= 15 is 0 Å². The average Bonchev–Trinajstić information content (AvgIpc) is 4.12. The van der Waals surface area contributed by atoms with Crippen molar-refractivity contribution < 1.29 is 29.4 Å². The molecule has 4 heterocycles. The molecule has 2 saturated heterocycles. The maximum Gasteiger partial charge on any atom is 0.407 e. The minimum absolute atomic E-state index is 0.352. The summed E-state index contributed by atoms with van der Waals surface area (Å²) in [6, 6.07) is 31.9. The van der Waals surface area contributed by atoms with Crippen molar-refractivity contribution in [2.24, 2.45) is 0 Å². The summed E-state index contributed by atoms with van der Waals surface area (Å²) >= 11 is 0. The second-order valence-corrected chi connectivity index (χ2v) is 14.7. The third-order valence-corrected chi connectivity index (χ3v) is 11.0. The van der Waals surface area contributed by atoms with E-state index in [-0.39, 0.29) is 11.8 Å². The molecular weight excluding hydrogens is 765 g/mol. The highest BCUT2D eigenvalue weighted by Crippen LogP contribution is 2.32. The van der Waals surface area contributed by atoms with Gasteiger partial charge in [0.15, 0.2) is 0 Å². The van der Waals surface area contributed by atoms with Crippen molar-refractivity contribution in [1.82, 2.24) is 39.8 Å². The van der Waals surface area contributed by atoms with E-state index in [2.05, 4.69) is 19.9 Å². The fraction of sp³-hybridized carbons (Fsp3) is 0.227. The van der Waals surface area contributed by atoms with Crippen molar-refractivity contribution in [3.8, 4) is 33.6 Å². The first-order valence-electron chi connectivity index (χ1n) is 19.6. The predicted octanol–water partition coefficient (Wildman–Crippen LogP) is 6.74. The molecule has 8 rings (SSSR count). The van der Waals surface area contributed by atoms with E-state index in [1.165, 1.54) is 14.1 Å². The number of anilines is 2. The lowest BCUT2D eigenvalue weighted by atomic mass is 10.0. The number of amides is 4. The standard InChI is InChI=1S/C44H44N10O6/c1-49(43(57)58)37(33-11-5-3-6-12-33)39(55)51-23-9-25-53(51)41-45-27-35(47-41)31-19-15-29(16-20-31)30-17-21-32(22-18-30)36-28-46-42(48-36)54-26-10-24-52(54)40(56)38(50(2)44(59)60)34-13-7-4-8-14-34/h3-8,11-22,27-28,37-38H,9-10,23-26H2,1-2H3,(H,45,47)(H,46,48)(H,57,58)(H,59,60)/t37-,38-/m1/s1. The molecule has 0 spiro atoms. The molecule has 0 radical (unpaired) electrons. The number of hydrazine groups is 2. The van der Waals surface area contributed by atoms with Gasteiger partial charge in [-0.25, -0.2) is 29.6 Å². The number of H-pyrrole nitrogens is 2. The van der Waals surface area contributed by atoms with Gasteiger partial charge in [0.05, 0.1) is 23.8 Å². The molecule has 2 atom stereocenters. The van der Waals surface area contributed by atoms with Crippen LogP contribution in [0.15, 0.2) is 122 Å². The Morgan fingerprint density at radius 3 is 1.23 bits per heavy atom. The molecule has 6 aromatic rings. The van der Waals surface area contributed by atoms with Gasteiger partial charge in [-0.2, -0.15) is 0 Å². The number of hydrogen-bond donors (Lipinski definition) is 4. The molecule has 2 fully saturated rings. The second-order valence-electron chi connectivity index (χ2n) is 14.7. The predicted molar refractivity (Wildman–Crippen MR) is 224 cm³/mol. The molecule has 2 aliphatic heterocycles. The SMILES string of the molecule is CN(C(=O)O)[C@@H](C(=O)N1CCCN1c1ncc(-c2ccc(-c3ccc(-c4cnc(N5CCCN5C(=O)[C@@H](c5ccccc5)N(C)C(=O)O)[nH]4)cc3)cc2)[nH]1)c1ccccc1. The first-order valence-corrected chi connectivity index (χ1v) is 19.6. The molecule has 4 N–H and O–H groups in total. The third kappa shape index (κ3) is 7.69. The number of carboxylic acid groups (broad SMARTS) is 2. The van der Waals surface area contributed by atoms with E-state index in [1.807, 2.05) is 60.7 Å². The number of rotatable bonds is 11. The number of nitrogens with zero attached hydrogens (tertiary/aromatic N) is 8. The van der Waals surface area contributed by atoms with E-state index < -0.39 is 24.3 Å². The van der Waals surface area contributed by atoms with Crippen LogP contribution >= 0.6 is 0 Å². The van der Waals surface area contributed by atoms with Crippen molar-refractivity contribution in [3.05, 3.63) is 133 Å². The zero-order valence-electron chi connectivity index (χ0n) is 33.0. The number of aromatic nitrogens is 4. The smallest absolute Gasteiger partial charge is 0.407 e. The van der Waals surface area contributed by atoms with Crippen LogP contribution in [0.2, 0.25) is 0 Å². The summed E-state index contributed by atoms with van der Waals surface area (Å²) in [5.41, 5.74) is 6.54. The number of aromatic amines is 2. The first kappa shape index (κ1) is 39.2. The molecular formula is C44H44N10O6. The largest absolute Gasteiger partial charge is 0.465 e. The number of imidazole rings is 2. The second kappa shape index (κ2) is 16.7. The van der Waals surface area contributed by atoms with E-state index in [9.17, 15) is 29.4 Å². The number of nitrogens with one attached hydrogen (secondary N) is 2. The van der Waals surface area contributed by atoms with Crippen molar-refractivity contribution in [2.75, 3.05) is 50.3 Å².